The molecule has 3 aromatic heterocycles. The van der Waals surface area contributed by atoms with Crippen molar-refractivity contribution in [2.45, 2.75) is 18.9 Å². The molecule has 0 spiro atoms. The molecule has 5 heterocycles. The Balaban J connectivity index is 1.18. The topological polar surface area (TPSA) is 133 Å². The lowest BCUT2D eigenvalue weighted by atomic mass is 9.98. The average molecular weight is 776 g/mol. The first kappa shape index (κ1) is 35.0. The number of fused-ring (bicyclic) bond motifs is 1. The minimum Gasteiger partial charge on any atom is -0.494 e. The van der Waals surface area contributed by atoms with Crippen LogP contribution in [-0.2, 0) is 18.0 Å². The molecule has 2 N–H and O–H groups in total. The zero-order valence-corrected chi connectivity index (χ0v) is 31.9. The summed E-state index contributed by atoms with van der Waals surface area (Å²) in [5.41, 5.74) is 6.55. The number of piperidine rings is 1. The molecule has 268 valence electrons. The van der Waals surface area contributed by atoms with Crippen LogP contribution in [-0.4, -0.2) is 116 Å². The highest BCUT2D eigenvalue weighted by Gasteiger charge is 2.29. The van der Waals surface area contributed by atoms with Crippen LogP contribution in [0, 0.1) is 0 Å². The summed E-state index contributed by atoms with van der Waals surface area (Å²) in [5, 5.41) is 11.3. The van der Waals surface area contributed by atoms with Crippen LogP contribution in [0.25, 0.3) is 22.2 Å². The number of anilines is 6. The molecule has 2 aliphatic rings. The highest BCUT2D eigenvalue weighted by atomic mass is 79.9. The van der Waals surface area contributed by atoms with Gasteiger partial charge in [-0.2, -0.15) is 10.1 Å². The van der Waals surface area contributed by atoms with E-state index in [0.717, 1.165) is 74.6 Å². The van der Waals surface area contributed by atoms with Gasteiger partial charge in [-0.3, -0.25) is 23.9 Å². The number of aryl methyl sites for hydroxylation is 1. The van der Waals surface area contributed by atoms with Gasteiger partial charge in [0.1, 0.15) is 33.8 Å². The lowest BCUT2D eigenvalue weighted by Gasteiger charge is -2.43. The number of benzene rings is 2. The smallest absolute Gasteiger partial charge is 0.229 e. The van der Waals surface area contributed by atoms with Crippen molar-refractivity contribution in [2.24, 2.45) is 7.05 Å². The quantitative estimate of drug-likeness (QED) is 0.197. The lowest BCUT2D eigenvalue weighted by Crippen LogP contribution is -2.52. The van der Waals surface area contributed by atoms with Crippen molar-refractivity contribution in [2.75, 3.05) is 86.6 Å². The molecule has 2 fully saturated rings. The molecule has 51 heavy (non-hydrogen) atoms. The van der Waals surface area contributed by atoms with Crippen LogP contribution in [0.5, 0.6) is 5.75 Å². The summed E-state index contributed by atoms with van der Waals surface area (Å²) in [6.45, 7) is 6.48. The summed E-state index contributed by atoms with van der Waals surface area (Å²) in [4.78, 5) is 26.0. The highest BCUT2D eigenvalue weighted by molar-refractivity contribution is 9.10. The SMILES string of the molecule is COc1cc(N2CCC(N3CCN(C)CC3)CC2)c(-c2cnn(C)c2)cc1Nc1ncc(Br)c(Nc2ccc3nccnc3c2N(C)S(C)=O)n1. The van der Waals surface area contributed by atoms with Gasteiger partial charge in [0.05, 0.1) is 34.7 Å². The fourth-order valence-corrected chi connectivity index (χ4v) is 7.61. The van der Waals surface area contributed by atoms with E-state index in [9.17, 15) is 4.21 Å². The molecule has 5 aromatic rings. The molecule has 2 aliphatic heterocycles. The predicted molar refractivity (Wildman–Crippen MR) is 208 cm³/mol. The molecule has 0 saturated carbocycles. The van der Waals surface area contributed by atoms with E-state index in [0.29, 0.717) is 50.4 Å². The summed E-state index contributed by atoms with van der Waals surface area (Å²) in [6.07, 6.45) is 12.8. The van der Waals surface area contributed by atoms with Crippen LogP contribution in [0.15, 0.2) is 59.7 Å². The number of nitrogens with zero attached hydrogens (tertiary/aromatic N) is 10. The third-order valence-electron chi connectivity index (χ3n) is 9.75. The van der Waals surface area contributed by atoms with Crippen molar-refractivity contribution in [3.8, 4) is 16.9 Å². The molecule has 0 radical (unpaired) electrons. The van der Waals surface area contributed by atoms with Crippen molar-refractivity contribution in [1.82, 2.24) is 39.5 Å². The van der Waals surface area contributed by atoms with Crippen LogP contribution >= 0.6 is 15.9 Å². The van der Waals surface area contributed by atoms with Crippen molar-refractivity contribution in [3.63, 3.8) is 0 Å². The number of ether oxygens (including phenoxy) is 1. The molecular weight excluding hydrogens is 732 g/mol. The van der Waals surface area contributed by atoms with Crippen molar-refractivity contribution >= 4 is 72.5 Å². The molecule has 2 aromatic carbocycles. The Labute approximate surface area is 308 Å². The van der Waals surface area contributed by atoms with E-state index < -0.39 is 11.0 Å². The zero-order chi connectivity index (χ0) is 35.6. The van der Waals surface area contributed by atoms with Crippen LogP contribution in [0.2, 0.25) is 0 Å². The Bertz CT molecular complexity index is 2050. The van der Waals surface area contributed by atoms with Crippen molar-refractivity contribution < 1.29 is 8.95 Å². The summed E-state index contributed by atoms with van der Waals surface area (Å²) >= 11 is 3.61. The van der Waals surface area contributed by atoms with E-state index in [2.05, 4.69) is 80.5 Å². The molecule has 0 bridgehead atoms. The van der Waals surface area contributed by atoms with E-state index in [4.69, 9.17) is 9.72 Å². The third-order valence-corrected chi connectivity index (χ3v) is 11.3. The Morgan fingerprint density at radius 2 is 1.73 bits per heavy atom. The maximum Gasteiger partial charge on any atom is 0.229 e. The number of nitrogens with one attached hydrogen (secondary N) is 2. The van der Waals surface area contributed by atoms with Gasteiger partial charge >= 0.3 is 0 Å². The van der Waals surface area contributed by atoms with Gasteiger partial charge in [0.25, 0.3) is 0 Å². The molecule has 2 saturated heterocycles. The fraction of sp³-hybridized carbons (Fsp3) is 0.400. The maximum absolute atomic E-state index is 12.6. The molecule has 0 aliphatic carbocycles. The summed E-state index contributed by atoms with van der Waals surface area (Å²) < 4.78 is 22.7. The van der Waals surface area contributed by atoms with Gasteiger partial charge in [0.2, 0.25) is 5.95 Å². The average Bonchev–Trinajstić information content (AvgIpc) is 3.58. The van der Waals surface area contributed by atoms with E-state index in [1.165, 1.54) is 0 Å². The number of aromatic nitrogens is 6. The van der Waals surface area contributed by atoms with Crippen molar-refractivity contribution in [3.05, 3.63) is 59.7 Å². The number of rotatable bonds is 10. The predicted octanol–water partition coefficient (Wildman–Crippen LogP) is 5.02. The van der Waals surface area contributed by atoms with Crippen LogP contribution in [0.4, 0.5) is 34.5 Å². The first-order valence-corrected chi connectivity index (χ1v) is 19.3. The molecule has 14 nitrogen and oxygen atoms in total. The van der Waals surface area contributed by atoms with Gasteiger partial charge in [-0.15, -0.1) is 0 Å². The molecule has 16 heteroatoms. The Morgan fingerprint density at radius 1 is 0.961 bits per heavy atom. The van der Waals surface area contributed by atoms with Gasteiger partial charge in [-0.25, -0.2) is 9.19 Å². The van der Waals surface area contributed by atoms with Gasteiger partial charge in [-0.05, 0) is 54.0 Å². The Hall–Kier alpha value is -4.38. The van der Waals surface area contributed by atoms with Crippen LogP contribution < -0.4 is 24.6 Å². The van der Waals surface area contributed by atoms with Crippen LogP contribution in [0.3, 0.4) is 0 Å². The van der Waals surface area contributed by atoms with Gasteiger partial charge < -0.3 is 25.2 Å². The maximum atomic E-state index is 12.6. The lowest BCUT2D eigenvalue weighted by molar-refractivity contribution is 0.0982. The molecular formula is C35H43BrN12O2S. The van der Waals surface area contributed by atoms with E-state index >= 15 is 0 Å². The minimum absolute atomic E-state index is 0.367. The standard InChI is InChI=1S/C35H43BrN12O2S/c1-44-14-16-47(17-15-44)24-8-12-48(13-9-24)30-19-31(50-4)29(18-25(30)23-20-40-45(2)22-23)42-35-39-21-26(36)34(43-35)41-28-7-6-27-32(38-11-10-37-27)33(28)46(3)51(5)49/h6-7,10-11,18-22,24H,8-9,12-17H2,1-5H3,(H2,39,41,42,43). The zero-order valence-electron chi connectivity index (χ0n) is 29.5. The first-order chi connectivity index (χ1) is 24.7. The monoisotopic (exact) mass is 774 g/mol. The first-order valence-electron chi connectivity index (χ1n) is 16.9. The normalized spacial score (nSPS) is 16.7. The number of methoxy groups -OCH3 is 1. The molecule has 0 amide bonds. The summed E-state index contributed by atoms with van der Waals surface area (Å²) in [7, 11) is 6.27. The van der Waals surface area contributed by atoms with Crippen LogP contribution in [0.1, 0.15) is 12.8 Å². The second kappa shape index (κ2) is 15.1. The largest absolute Gasteiger partial charge is 0.494 e. The molecule has 1 unspecified atom stereocenters. The van der Waals surface area contributed by atoms with E-state index in [1.54, 1.807) is 43.3 Å². The molecule has 1 atom stereocenters. The number of hydrogen-bond donors (Lipinski definition) is 2. The van der Waals surface area contributed by atoms with Gasteiger partial charge in [0.15, 0.2) is 0 Å². The van der Waals surface area contributed by atoms with E-state index in [-0.39, 0.29) is 0 Å². The number of likely N-dealkylation sites (N-methyl/N-ethyl adjacent to an activating group) is 1. The number of halogens is 1. The summed E-state index contributed by atoms with van der Waals surface area (Å²) in [5.74, 6) is 1.56. The second-order valence-electron chi connectivity index (χ2n) is 13.0. The number of hydrogen-bond acceptors (Lipinski definition) is 12. The third kappa shape index (κ3) is 7.49. The minimum atomic E-state index is -1.31. The number of piperazine rings is 1. The second-order valence-corrected chi connectivity index (χ2v) is 15.2. The van der Waals surface area contributed by atoms with Gasteiger partial charge in [0, 0.05) is 113 Å². The Kier molecular flexibility index (Phi) is 10.4. The van der Waals surface area contributed by atoms with Crippen molar-refractivity contribution in [1.29, 1.82) is 0 Å². The summed E-state index contributed by atoms with van der Waals surface area (Å²) in [6, 6.07) is 8.58. The van der Waals surface area contributed by atoms with E-state index in [1.807, 2.05) is 36.3 Å². The molecule has 7 rings (SSSR count). The highest BCUT2D eigenvalue weighted by Crippen LogP contribution is 2.42. The Morgan fingerprint density at radius 3 is 2.43 bits per heavy atom. The fourth-order valence-electron chi connectivity index (χ4n) is 6.88. The van der Waals surface area contributed by atoms with Gasteiger partial charge in [-0.1, -0.05) is 0 Å².